The lowest BCUT2D eigenvalue weighted by Gasteiger charge is -2.17. The highest BCUT2D eigenvalue weighted by atomic mass is 16.5. The number of carbonyl (C=O) groups is 2. The van der Waals surface area contributed by atoms with E-state index < -0.39 is 0 Å². The van der Waals surface area contributed by atoms with E-state index in [1.165, 1.54) is 0 Å². The number of amides is 2. The summed E-state index contributed by atoms with van der Waals surface area (Å²) in [6, 6.07) is 16.1. The average Bonchev–Trinajstić information content (AvgIpc) is 3.69. The molecule has 1 atom stereocenters. The van der Waals surface area contributed by atoms with Gasteiger partial charge < -0.3 is 20.1 Å². The van der Waals surface area contributed by atoms with Crippen molar-refractivity contribution in [3.8, 4) is 11.5 Å². The Morgan fingerprint density at radius 1 is 1.06 bits per heavy atom. The summed E-state index contributed by atoms with van der Waals surface area (Å²) in [5, 5.41) is 5.88. The van der Waals surface area contributed by atoms with Gasteiger partial charge in [0, 0.05) is 29.6 Å². The van der Waals surface area contributed by atoms with Gasteiger partial charge in [0.2, 0.25) is 5.91 Å². The molecule has 1 fully saturated rings. The van der Waals surface area contributed by atoms with Gasteiger partial charge in [-0.3, -0.25) is 14.6 Å². The molecule has 1 saturated carbocycles. The molecule has 0 radical (unpaired) electrons. The molecule has 7 heteroatoms. The van der Waals surface area contributed by atoms with Crippen molar-refractivity contribution in [2.24, 2.45) is 5.92 Å². The summed E-state index contributed by atoms with van der Waals surface area (Å²) in [6.45, 7) is 2.31. The van der Waals surface area contributed by atoms with Gasteiger partial charge in [-0.25, -0.2) is 0 Å². The molecule has 2 aromatic carbocycles. The fourth-order valence-corrected chi connectivity index (χ4v) is 3.40. The van der Waals surface area contributed by atoms with Crippen LogP contribution in [0.5, 0.6) is 11.5 Å². The van der Waals surface area contributed by atoms with Gasteiger partial charge in [0.15, 0.2) is 11.5 Å². The van der Waals surface area contributed by atoms with Crippen molar-refractivity contribution in [2.45, 2.75) is 32.4 Å². The topological polar surface area (TPSA) is 89.6 Å². The van der Waals surface area contributed by atoms with E-state index in [0.29, 0.717) is 29.4 Å². The van der Waals surface area contributed by atoms with Gasteiger partial charge in [0.05, 0.1) is 13.2 Å². The molecule has 1 aliphatic carbocycles. The third-order valence-electron chi connectivity index (χ3n) is 5.52. The van der Waals surface area contributed by atoms with Gasteiger partial charge in [-0.2, -0.15) is 0 Å². The van der Waals surface area contributed by atoms with Crippen LogP contribution >= 0.6 is 0 Å². The Bertz CT molecular complexity index is 1130. The van der Waals surface area contributed by atoms with Crippen molar-refractivity contribution in [1.29, 1.82) is 0 Å². The van der Waals surface area contributed by atoms with Crippen molar-refractivity contribution in [3.63, 3.8) is 0 Å². The number of methoxy groups -OCH3 is 1. The zero-order chi connectivity index (χ0) is 23.2. The lowest BCUT2D eigenvalue weighted by Crippen LogP contribution is -2.26. The molecule has 0 spiro atoms. The predicted molar refractivity (Wildman–Crippen MR) is 125 cm³/mol. The molecule has 3 aromatic rings. The van der Waals surface area contributed by atoms with E-state index >= 15 is 0 Å². The van der Waals surface area contributed by atoms with Gasteiger partial charge in [-0.15, -0.1) is 0 Å². The Kier molecular flexibility index (Phi) is 6.88. The molecule has 170 valence electrons. The van der Waals surface area contributed by atoms with E-state index in [-0.39, 0.29) is 23.8 Å². The molecule has 2 amide bonds. The smallest absolute Gasteiger partial charge is 0.251 e. The number of carbonyl (C=O) groups excluding carboxylic acids is 2. The number of hydrogen-bond acceptors (Lipinski definition) is 5. The largest absolute Gasteiger partial charge is 0.493 e. The van der Waals surface area contributed by atoms with E-state index in [0.717, 1.165) is 24.0 Å². The van der Waals surface area contributed by atoms with Crippen LogP contribution in [0.2, 0.25) is 0 Å². The third-order valence-corrected chi connectivity index (χ3v) is 5.52. The highest BCUT2D eigenvalue weighted by Crippen LogP contribution is 2.32. The summed E-state index contributed by atoms with van der Waals surface area (Å²) in [6.07, 6.45) is 5.31. The second-order valence-electron chi connectivity index (χ2n) is 8.09. The number of nitrogens with zero attached hydrogens (tertiary/aromatic N) is 1. The monoisotopic (exact) mass is 445 g/mol. The number of rotatable bonds is 9. The molecule has 1 aromatic heterocycles. The summed E-state index contributed by atoms with van der Waals surface area (Å²) >= 11 is 0. The highest BCUT2D eigenvalue weighted by Gasteiger charge is 2.29. The number of nitrogens with one attached hydrogen (secondary N) is 2. The Hall–Kier alpha value is -3.87. The SMILES string of the molecule is COc1cc(C(C)NC(=O)c2cccc(NC(=O)C3CC3)c2)ccc1OCc1ccncc1. The van der Waals surface area contributed by atoms with Gasteiger partial charge in [-0.05, 0) is 73.4 Å². The Morgan fingerprint density at radius 2 is 1.85 bits per heavy atom. The van der Waals surface area contributed by atoms with Crippen molar-refractivity contribution in [3.05, 3.63) is 83.7 Å². The first-order valence-corrected chi connectivity index (χ1v) is 10.9. The number of hydrogen-bond donors (Lipinski definition) is 2. The molecule has 2 N–H and O–H groups in total. The predicted octanol–water partition coefficient (Wildman–Crippen LogP) is 4.51. The van der Waals surface area contributed by atoms with Crippen molar-refractivity contribution in [1.82, 2.24) is 10.3 Å². The molecule has 33 heavy (non-hydrogen) atoms. The average molecular weight is 446 g/mol. The number of anilines is 1. The summed E-state index contributed by atoms with van der Waals surface area (Å²) in [5.74, 6) is 1.11. The van der Waals surface area contributed by atoms with E-state index in [4.69, 9.17) is 9.47 Å². The fraction of sp³-hybridized carbons (Fsp3) is 0.269. The highest BCUT2D eigenvalue weighted by molar-refractivity contribution is 5.98. The maximum atomic E-state index is 12.8. The van der Waals surface area contributed by atoms with Crippen LogP contribution in [0.15, 0.2) is 67.0 Å². The number of aromatic nitrogens is 1. The Balaban J connectivity index is 1.39. The number of benzene rings is 2. The van der Waals surface area contributed by atoms with Gasteiger partial charge in [0.1, 0.15) is 6.61 Å². The van der Waals surface area contributed by atoms with Crippen LogP contribution in [0, 0.1) is 5.92 Å². The van der Waals surface area contributed by atoms with E-state index in [1.807, 2.05) is 37.3 Å². The minimum atomic E-state index is -0.259. The molecular formula is C26H27N3O4. The summed E-state index contributed by atoms with van der Waals surface area (Å²) in [4.78, 5) is 28.8. The molecule has 0 saturated heterocycles. The minimum Gasteiger partial charge on any atom is -0.493 e. The quantitative estimate of drug-likeness (QED) is 0.506. The number of pyridine rings is 1. The first-order valence-electron chi connectivity index (χ1n) is 10.9. The maximum absolute atomic E-state index is 12.8. The van der Waals surface area contributed by atoms with Crippen LogP contribution in [0.4, 0.5) is 5.69 Å². The second-order valence-corrected chi connectivity index (χ2v) is 8.09. The van der Waals surface area contributed by atoms with Gasteiger partial charge >= 0.3 is 0 Å². The Morgan fingerprint density at radius 3 is 2.58 bits per heavy atom. The molecular weight excluding hydrogens is 418 g/mol. The fourth-order valence-electron chi connectivity index (χ4n) is 3.40. The standard InChI is InChI=1S/C26H27N3O4/c1-17(28-26(31)21-4-3-5-22(14-21)29-25(30)19-6-7-19)20-8-9-23(24(15-20)32-2)33-16-18-10-12-27-13-11-18/h3-5,8-15,17,19H,6-7,16H2,1-2H3,(H,28,31)(H,29,30). The zero-order valence-electron chi connectivity index (χ0n) is 18.7. The van der Waals surface area contributed by atoms with E-state index in [2.05, 4.69) is 15.6 Å². The molecule has 1 heterocycles. The van der Waals surface area contributed by atoms with E-state index in [1.54, 1.807) is 43.8 Å². The van der Waals surface area contributed by atoms with Crippen molar-refractivity contribution in [2.75, 3.05) is 12.4 Å². The normalized spacial score (nSPS) is 13.6. The molecule has 0 aliphatic heterocycles. The van der Waals surface area contributed by atoms with Crippen LogP contribution in [-0.4, -0.2) is 23.9 Å². The molecule has 4 rings (SSSR count). The van der Waals surface area contributed by atoms with Gasteiger partial charge in [-0.1, -0.05) is 12.1 Å². The zero-order valence-corrected chi connectivity index (χ0v) is 18.7. The summed E-state index contributed by atoms with van der Waals surface area (Å²) < 4.78 is 11.4. The molecule has 0 bridgehead atoms. The van der Waals surface area contributed by atoms with Crippen LogP contribution in [-0.2, 0) is 11.4 Å². The minimum absolute atomic E-state index is 0.0132. The maximum Gasteiger partial charge on any atom is 0.251 e. The van der Waals surface area contributed by atoms with Crippen molar-refractivity contribution >= 4 is 17.5 Å². The lowest BCUT2D eigenvalue weighted by atomic mass is 10.1. The van der Waals surface area contributed by atoms with E-state index in [9.17, 15) is 9.59 Å². The molecule has 7 nitrogen and oxygen atoms in total. The first kappa shape index (κ1) is 22.3. The molecule has 1 unspecified atom stereocenters. The number of ether oxygens (including phenoxy) is 2. The summed E-state index contributed by atoms with van der Waals surface area (Å²) in [7, 11) is 1.59. The molecule has 1 aliphatic rings. The Labute approximate surface area is 193 Å². The first-order chi connectivity index (χ1) is 16.0. The summed E-state index contributed by atoms with van der Waals surface area (Å²) in [5.41, 5.74) is 3.01. The third kappa shape index (κ3) is 5.88. The van der Waals surface area contributed by atoms with Gasteiger partial charge in [0.25, 0.3) is 5.91 Å². The van der Waals surface area contributed by atoms with Crippen LogP contribution in [0.1, 0.15) is 47.3 Å². The second kappa shape index (κ2) is 10.2. The van der Waals surface area contributed by atoms with Crippen LogP contribution in [0.3, 0.4) is 0 Å². The van der Waals surface area contributed by atoms with Crippen LogP contribution in [0.25, 0.3) is 0 Å². The lowest BCUT2D eigenvalue weighted by molar-refractivity contribution is -0.117. The van der Waals surface area contributed by atoms with Crippen LogP contribution < -0.4 is 20.1 Å². The van der Waals surface area contributed by atoms with Crippen molar-refractivity contribution < 1.29 is 19.1 Å².